The summed E-state index contributed by atoms with van der Waals surface area (Å²) in [5.41, 5.74) is 3.67. The van der Waals surface area contributed by atoms with E-state index in [1.54, 1.807) is 6.07 Å². The van der Waals surface area contributed by atoms with Crippen molar-refractivity contribution >= 4 is 5.69 Å². The van der Waals surface area contributed by atoms with Crippen LogP contribution in [0.1, 0.15) is 11.1 Å². The zero-order chi connectivity index (χ0) is 21.7. The molecule has 0 radical (unpaired) electrons. The van der Waals surface area contributed by atoms with Crippen molar-refractivity contribution in [3.8, 4) is 11.1 Å². The zero-order valence-corrected chi connectivity index (χ0v) is 17.8. The minimum absolute atomic E-state index is 0.0407. The van der Waals surface area contributed by atoms with Gasteiger partial charge in [-0.3, -0.25) is 10.1 Å². The molecule has 0 aliphatic rings. The van der Waals surface area contributed by atoms with E-state index in [9.17, 15) is 20.3 Å². The summed E-state index contributed by atoms with van der Waals surface area (Å²) in [7, 11) is 8.04. The average molecular weight is 404 g/mol. The molecule has 2 rings (SSSR count). The Kier molecular flexibility index (Phi) is 7.48. The number of hydrogen-bond acceptors (Lipinski definition) is 4. The molecule has 0 heterocycles. The molecule has 7 nitrogen and oxygen atoms in total. The van der Waals surface area contributed by atoms with Gasteiger partial charge in [-0.25, -0.2) is 0 Å². The van der Waals surface area contributed by atoms with Crippen LogP contribution >= 0.6 is 0 Å². The molecule has 0 spiro atoms. The third-order valence-corrected chi connectivity index (χ3v) is 5.19. The first-order valence-corrected chi connectivity index (χ1v) is 9.79. The topological polar surface area (TPSA) is 83.6 Å². The number of quaternary nitrogens is 2. The smallest absolute Gasteiger partial charge is 0.278 e. The van der Waals surface area contributed by atoms with Gasteiger partial charge < -0.3 is 19.2 Å². The van der Waals surface area contributed by atoms with Crippen LogP contribution in [0.5, 0.6) is 0 Å². The van der Waals surface area contributed by atoms with Gasteiger partial charge in [0.15, 0.2) is 0 Å². The number of nitro groups is 1. The van der Waals surface area contributed by atoms with Crippen LogP contribution in [0.25, 0.3) is 11.1 Å². The fraction of sp³-hybridized carbons (Fsp3) is 0.455. The predicted octanol–water partition coefficient (Wildman–Crippen LogP) is 2.40. The van der Waals surface area contributed by atoms with E-state index < -0.39 is 0 Å². The Morgan fingerprint density at radius 1 is 0.828 bits per heavy atom. The van der Waals surface area contributed by atoms with Gasteiger partial charge in [0, 0.05) is 11.6 Å². The second-order valence-electron chi connectivity index (χ2n) is 8.88. The molecule has 0 atom stereocenters. The second-order valence-corrected chi connectivity index (χ2v) is 8.88. The molecule has 0 fully saturated rings. The lowest BCUT2D eigenvalue weighted by Gasteiger charge is -2.29. The van der Waals surface area contributed by atoms with Gasteiger partial charge >= 0.3 is 0 Å². The molecule has 0 amide bonds. The Labute approximate surface area is 172 Å². The van der Waals surface area contributed by atoms with E-state index in [0.29, 0.717) is 34.2 Å². The highest BCUT2D eigenvalue weighted by molar-refractivity contribution is 5.67. The highest BCUT2D eigenvalue weighted by atomic mass is 16.6. The Morgan fingerprint density at radius 3 is 1.86 bits per heavy atom. The normalized spacial score (nSPS) is 12.2. The monoisotopic (exact) mass is 403 g/mol. The molecule has 7 heteroatoms. The fourth-order valence-corrected chi connectivity index (χ4v) is 3.50. The number of benzene rings is 2. The summed E-state index contributed by atoms with van der Waals surface area (Å²) in [6.45, 7) is 2.69. The maximum Gasteiger partial charge on any atom is 0.278 e. The second kappa shape index (κ2) is 9.45. The first-order valence-electron chi connectivity index (χ1n) is 9.79. The minimum atomic E-state index is -0.332. The van der Waals surface area contributed by atoms with Crippen molar-refractivity contribution in [1.82, 2.24) is 0 Å². The molecule has 0 aromatic heterocycles. The SMILES string of the molecule is C[N+](C)(CCO)Cc1ccc(-c2ccc(C[N+](C)(C)CCO)c([N+](=O)[O-])c2)cc1. The number of rotatable bonds is 10. The van der Waals surface area contributed by atoms with E-state index in [0.717, 1.165) is 23.2 Å². The van der Waals surface area contributed by atoms with E-state index in [1.807, 2.05) is 50.5 Å². The molecule has 29 heavy (non-hydrogen) atoms. The maximum absolute atomic E-state index is 11.6. The third kappa shape index (κ3) is 6.61. The summed E-state index contributed by atoms with van der Waals surface area (Å²) >= 11 is 0. The van der Waals surface area contributed by atoms with E-state index in [4.69, 9.17) is 0 Å². The van der Waals surface area contributed by atoms with Crippen LogP contribution in [-0.2, 0) is 13.1 Å². The number of aliphatic hydroxyl groups excluding tert-OH is 2. The van der Waals surface area contributed by atoms with Crippen molar-refractivity contribution in [2.45, 2.75) is 13.1 Å². The van der Waals surface area contributed by atoms with Gasteiger partial charge in [-0.2, -0.15) is 0 Å². The molecule has 2 N–H and O–H groups in total. The average Bonchev–Trinajstić information content (AvgIpc) is 2.61. The van der Waals surface area contributed by atoms with Crippen LogP contribution in [0.4, 0.5) is 5.69 Å². The highest BCUT2D eigenvalue weighted by Crippen LogP contribution is 2.29. The van der Waals surface area contributed by atoms with Crippen LogP contribution in [0.2, 0.25) is 0 Å². The van der Waals surface area contributed by atoms with Crippen molar-refractivity contribution in [1.29, 1.82) is 0 Å². The van der Waals surface area contributed by atoms with Gasteiger partial charge in [0.2, 0.25) is 0 Å². The molecule has 158 valence electrons. The van der Waals surface area contributed by atoms with E-state index in [-0.39, 0.29) is 23.8 Å². The van der Waals surface area contributed by atoms with Gasteiger partial charge in [-0.15, -0.1) is 0 Å². The van der Waals surface area contributed by atoms with Crippen LogP contribution in [-0.4, -0.2) is 78.6 Å². The Bertz CT molecular complexity index is 832. The Balaban J connectivity index is 2.27. The minimum Gasteiger partial charge on any atom is -0.391 e. The Morgan fingerprint density at radius 2 is 1.34 bits per heavy atom. The lowest BCUT2D eigenvalue weighted by atomic mass is 10.0. The van der Waals surface area contributed by atoms with Crippen molar-refractivity contribution < 1.29 is 24.1 Å². The molecular formula is C22H33N3O4+2. The maximum atomic E-state index is 11.6. The standard InChI is InChI=1S/C22H33N3O4/c1-24(2,11-13-26)16-18-5-7-19(8-6-18)20-9-10-21(22(15-20)23(28)29)17-25(3,4)12-14-27/h5-10,15,26-27H,11-14,16-17H2,1-4H3/q+2. The van der Waals surface area contributed by atoms with E-state index in [1.165, 1.54) is 0 Å². The van der Waals surface area contributed by atoms with Crippen molar-refractivity contribution in [3.05, 3.63) is 63.7 Å². The summed E-state index contributed by atoms with van der Waals surface area (Å²) in [4.78, 5) is 11.3. The zero-order valence-electron chi connectivity index (χ0n) is 17.8. The summed E-state index contributed by atoms with van der Waals surface area (Å²) in [5.74, 6) is 0. The molecule has 0 aliphatic carbocycles. The van der Waals surface area contributed by atoms with Crippen LogP contribution in [0, 0.1) is 10.1 Å². The van der Waals surface area contributed by atoms with Gasteiger partial charge in [-0.1, -0.05) is 30.3 Å². The number of nitro benzene ring substituents is 1. The fourth-order valence-electron chi connectivity index (χ4n) is 3.50. The Hall–Kier alpha value is -2.32. The summed E-state index contributed by atoms with van der Waals surface area (Å²) in [5, 5.41) is 30.0. The van der Waals surface area contributed by atoms with Gasteiger partial charge in [0.05, 0.1) is 51.9 Å². The molecule has 2 aromatic rings. The van der Waals surface area contributed by atoms with Gasteiger partial charge in [0.1, 0.15) is 26.2 Å². The highest BCUT2D eigenvalue weighted by Gasteiger charge is 2.23. The summed E-state index contributed by atoms with van der Waals surface area (Å²) < 4.78 is 1.17. The molecule has 0 saturated carbocycles. The summed E-state index contributed by atoms with van der Waals surface area (Å²) in [6, 6.07) is 13.4. The lowest BCUT2D eigenvalue weighted by molar-refractivity contribution is -0.904. The molecule has 0 saturated heterocycles. The molecular weight excluding hydrogens is 370 g/mol. The molecule has 2 aromatic carbocycles. The molecule has 0 unspecified atom stereocenters. The van der Waals surface area contributed by atoms with Crippen molar-refractivity contribution in [2.24, 2.45) is 0 Å². The number of aliphatic hydroxyl groups is 2. The number of hydrogen-bond donors (Lipinski definition) is 2. The predicted molar refractivity (Wildman–Crippen MR) is 114 cm³/mol. The first kappa shape index (κ1) is 23.0. The quantitative estimate of drug-likeness (QED) is 0.362. The molecule has 0 bridgehead atoms. The largest absolute Gasteiger partial charge is 0.391 e. The van der Waals surface area contributed by atoms with Crippen molar-refractivity contribution in [2.75, 3.05) is 54.5 Å². The lowest BCUT2D eigenvalue weighted by Crippen LogP contribution is -2.41. The van der Waals surface area contributed by atoms with Crippen LogP contribution in [0.15, 0.2) is 42.5 Å². The number of likely N-dealkylation sites (N-methyl/N-ethyl adjacent to an activating group) is 2. The van der Waals surface area contributed by atoms with Crippen LogP contribution < -0.4 is 0 Å². The van der Waals surface area contributed by atoms with Gasteiger partial charge in [-0.05, 0) is 17.2 Å². The molecule has 0 aliphatic heterocycles. The third-order valence-electron chi connectivity index (χ3n) is 5.19. The number of nitrogens with zero attached hydrogens (tertiary/aromatic N) is 3. The van der Waals surface area contributed by atoms with E-state index in [2.05, 4.69) is 14.1 Å². The summed E-state index contributed by atoms with van der Waals surface area (Å²) in [6.07, 6.45) is 0. The first-order chi connectivity index (χ1) is 13.6. The van der Waals surface area contributed by atoms with Crippen LogP contribution in [0.3, 0.4) is 0 Å². The van der Waals surface area contributed by atoms with E-state index >= 15 is 0 Å². The van der Waals surface area contributed by atoms with Gasteiger partial charge in [0.25, 0.3) is 5.69 Å². The van der Waals surface area contributed by atoms with Crippen molar-refractivity contribution in [3.63, 3.8) is 0 Å².